The normalized spacial score (nSPS) is 10.5. The maximum absolute atomic E-state index is 10.5. The first-order valence-corrected chi connectivity index (χ1v) is 2.93. The molecule has 0 spiro atoms. The van der Waals surface area contributed by atoms with E-state index < -0.39 is 5.97 Å². The number of aromatic nitrogens is 2. The second-order valence-corrected chi connectivity index (χ2v) is 2.00. The van der Waals surface area contributed by atoms with Gasteiger partial charge < -0.3 is 9.52 Å². The zero-order valence-corrected chi connectivity index (χ0v) is 5.39. The van der Waals surface area contributed by atoms with Gasteiger partial charge in [-0.3, -0.25) is 4.40 Å². The van der Waals surface area contributed by atoms with Crippen molar-refractivity contribution >= 4 is 11.8 Å². The Balaban J connectivity index is 2.78. The lowest BCUT2D eigenvalue weighted by Gasteiger charge is -1.85. The molecule has 0 aliphatic heterocycles. The molecule has 1 N–H and O–H groups in total. The summed E-state index contributed by atoms with van der Waals surface area (Å²) in [5, 5.41) is 8.59. The summed E-state index contributed by atoms with van der Waals surface area (Å²) < 4.78 is 6.20. The predicted molar refractivity (Wildman–Crippen MR) is 34.4 cm³/mol. The van der Waals surface area contributed by atoms with Gasteiger partial charge in [0.2, 0.25) is 0 Å². The van der Waals surface area contributed by atoms with Gasteiger partial charge in [-0.2, -0.15) is 0 Å². The van der Waals surface area contributed by atoms with E-state index in [0.717, 1.165) is 0 Å². The maximum atomic E-state index is 10.5. The van der Waals surface area contributed by atoms with E-state index in [1.807, 2.05) is 0 Å². The number of aromatic carboxylic acids is 1. The highest BCUT2D eigenvalue weighted by Gasteiger charge is 2.10. The summed E-state index contributed by atoms with van der Waals surface area (Å²) in [5.74, 6) is -0.721. The molecule has 2 aromatic heterocycles. The fourth-order valence-corrected chi connectivity index (χ4v) is 0.885. The molecule has 0 radical (unpaired) electrons. The molecule has 5 heteroatoms. The number of carbonyl (C=O) groups is 1. The van der Waals surface area contributed by atoms with E-state index in [1.54, 1.807) is 0 Å². The maximum Gasteiger partial charge on any atom is 0.354 e. The minimum absolute atomic E-state index is 0.105. The number of hydrogen-bond acceptors (Lipinski definition) is 3. The minimum Gasteiger partial charge on any atom is -0.477 e. The van der Waals surface area contributed by atoms with E-state index in [0.29, 0.717) is 5.84 Å². The van der Waals surface area contributed by atoms with Gasteiger partial charge in [-0.25, -0.2) is 9.78 Å². The second-order valence-electron chi connectivity index (χ2n) is 2.00. The van der Waals surface area contributed by atoms with Crippen LogP contribution in [0.25, 0.3) is 5.84 Å². The number of oxazole rings is 1. The minimum atomic E-state index is -1.01. The lowest BCUT2D eigenvalue weighted by Crippen LogP contribution is -1.99. The number of rotatable bonds is 1. The summed E-state index contributed by atoms with van der Waals surface area (Å²) >= 11 is 0. The molecule has 0 unspecified atom stereocenters. The molecule has 0 aliphatic carbocycles. The van der Waals surface area contributed by atoms with Crippen molar-refractivity contribution in [2.24, 2.45) is 0 Å². The van der Waals surface area contributed by atoms with Crippen LogP contribution in [0.1, 0.15) is 10.5 Å². The second kappa shape index (κ2) is 1.85. The van der Waals surface area contributed by atoms with Crippen molar-refractivity contribution in [2.45, 2.75) is 0 Å². The Labute approximate surface area is 60.9 Å². The number of hydrogen-bond donors (Lipinski definition) is 1. The number of fused-ring (bicyclic) bond motifs is 1. The lowest BCUT2D eigenvalue weighted by atomic mass is 10.5. The zero-order chi connectivity index (χ0) is 7.84. The van der Waals surface area contributed by atoms with Gasteiger partial charge in [0.05, 0.1) is 6.20 Å². The van der Waals surface area contributed by atoms with Crippen LogP contribution in [0.2, 0.25) is 0 Å². The smallest absolute Gasteiger partial charge is 0.354 e. The SMILES string of the molecule is O=C(O)c1cnc2occn12. The monoisotopic (exact) mass is 152 g/mol. The summed E-state index contributed by atoms with van der Waals surface area (Å²) in [4.78, 5) is 14.2. The van der Waals surface area contributed by atoms with Crippen LogP contribution in [-0.2, 0) is 0 Å². The molecule has 2 heterocycles. The number of carboxylic acid groups (broad SMARTS) is 1. The van der Waals surface area contributed by atoms with E-state index in [1.165, 1.54) is 23.1 Å². The largest absolute Gasteiger partial charge is 0.477 e. The van der Waals surface area contributed by atoms with Gasteiger partial charge in [-0.05, 0) is 0 Å². The Morgan fingerprint density at radius 2 is 2.55 bits per heavy atom. The average Bonchev–Trinajstić information content (AvgIpc) is 2.41. The quantitative estimate of drug-likeness (QED) is 0.650. The summed E-state index contributed by atoms with van der Waals surface area (Å²) in [7, 11) is 0. The van der Waals surface area contributed by atoms with E-state index in [-0.39, 0.29) is 5.69 Å². The molecular weight excluding hydrogens is 148 g/mol. The first-order chi connectivity index (χ1) is 5.29. The van der Waals surface area contributed by atoms with Gasteiger partial charge in [-0.1, -0.05) is 0 Å². The van der Waals surface area contributed by atoms with Gasteiger partial charge >= 0.3 is 11.8 Å². The highest BCUT2D eigenvalue weighted by molar-refractivity contribution is 5.86. The third-order valence-corrected chi connectivity index (χ3v) is 1.37. The summed E-state index contributed by atoms with van der Waals surface area (Å²) in [6.07, 6.45) is 4.14. The molecule has 0 amide bonds. The van der Waals surface area contributed by atoms with Crippen molar-refractivity contribution in [1.82, 2.24) is 9.38 Å². The van der Waals surface area contributed by atoms with E-state index in [9.17, 15) is 4.79 Å². The van der Waals surface area contributed by atoms with Crippen LogP contribution < -0.4 is 0 Å². The molecular formula is C6H4N2O3. The number of carboxylic acids is 1. The molecule has 0 aromatic carbocycles. The fraction of sp³-hybridized carbons (Fsp3) is 0. The molecule has 0 atom stereocenters. The number of imidazole rings is 1. The van der Waals surface area contributed by atoms with Crippen molar-refractivity contribution in [3.8, 4) is 0 Å². The van der Waals surface area contributed by atoms with Crippen LogP contribution in [-0.4, -0.2) is 20.5 Å². The molecule has 11 heavy (non-hydrogen) atoms. The van der Waals surface area contributed by atoms with Crippen molar-refractivity contribution in [3.63, 3.8) is 0 Å². The number of nitrogens with zero attached hydrogens (tertiary/aromatic N) is 2. The van der Waals surface area contributed by atoms with Crippen LogP contribution >= 0.6 is 0 Å². The summed E-state index contributed by atoms with van der Waals surface area (Å²) in [6.45, 7) is 0. The topological polar surface area (TPSA) is 67.7 Å². The molecule has 0 aliphatic rings. The van der Waals surface area contributed by atoms with E-state index >= 15 is 0 Å². The van der Waals surface area contributed by atoms with Crippen molar-refractivity contribution in [1.29, 1.82) is 0 Å². The average molecular weight is 152 g/mol. The molecule has 2 aromatic rings. The Bertz CT molecular complexity index is 401. The Morgan fingerprint density at radius 3 is 3.27 bits per heavy atom. The van der Waals surface area contributed by atoms with Crippen LogP contribution in [0.15, 0.2) is 23.1 Å². The summed E-state index contributed by atoms with van der Waals surface area (Å²) in [5.41, 5.74) is 0.105. The molecule has 0 bridgehead atoms. The lowest BCUT2D eigenvalue weighted by molar-refractivity contribution is 0.0689. The molecule has 0 fully saturated rings. The van der Waals surface area contributed by atoms with Gasteiger partial charge in [0.25, 0.3) is 0 Å². The first kappa shape index (κ1) is 5.96. The molecule has 0 saturated carbocycles. The third-order valence-electron chi connectivity index (χ3n) is 1.37. The fourth-order valence-electron chi connectivity index (χ4n) is 0.885. The van der Waals surface area contributed by atoms with Crippen molar-refractivity contribution in [2.75, 3.05) is 0 Å². The van der Waals surface area contributed by atoms with Gasteiger partial charge in [0.1, 0.15) is 6.26 Å². The highest BCUT2D eigenvalue weighted by atomic mass is 16.4. The van der Waals surface area contributed by atoms with Crippen molar-refractivity contribution < 1.29 is 14.3 Å². The van der Waals surface area contributed by atoms with Gasteiger partial charge in [0, 0.05) is 6.20 Å². The summed E-state index contributed by atoms with van der Waals surface area (Å²) in [6, 6.07) is 0. The Morgan fingerprint density at radius 1 is 1.73 bits per heavy atom. The van der Waals surface area contributed by atoms with E-state index in [4.69, 9.17) is 9.52 Å². The Kier molecular flexibility index (Phi) is 1.00. The molecule has 5 nitrogen and oxygen atoms in total. The first-order valence-electron chi connectivity index (χ1n) is 2.93. The predicted octanol–water partition coefficient (Wildman–Crippen LogP) is 0.625. The van der Waals surface area contributed by atoms with E-state index in [2.05, 4.69) is 4.98 Å². The van der Waals surface area contributed by atoms with Crippen LogP contribution in [0.3, 0.4) is 0 Å². The van der Waals surface area contributed by atoms with Crippen LogP contribution in [0.5, 0.6) is 0 Å². The van der Waals surface area contributed by atoms with Crippen LogP contribution in [0, 0.1) is 0 Å². The Hall–Kier alpha value is -1.78. The van der Waals surface area contributed by atoms with Crippen LogP contribution in [0.4, 0.5) is 0 Å². The highest BCUT2D eigenvalue weighted by Crippen LogP contribution is 2.06. The van der Waals surface area contributed by atoms with Gasteiger partial charge in [0.15, 0.2) is 5.69 Å². The molecule has 2 rings (SSSR count). The molecule has 0 saturated heterocycles. The third kappa shape index (κ3) is 0.706. The van der Waals surface area contributed by atoms with Gasteiger partial charge in [-0.15, -0.1) is 0 Å². The standard InChI is InChI=1S/C6H4N2O3/c9-5(10)4-3-7-6-8(4)1-2-11-6/h1-3H,(H,9,10). The molecule has 56 valence electrons. The zero-order valence-electron chi connectivity index (χ0n) is 5.39. The van der Waals surface area contributed by atoms with Crippen molar-refractivity contribution in [3.05, 3.63) is 24.4 Å².